The molecule has 0 unspecified atom stereocenters. The summed E-state index contributed by atoms with van der Waals surface area (Å²) in [7, 11) is 0. The fourth-order valence-corrected chi connectivity index (χ4v) is 3.69. The highest BCUT2D eigenvalue weighted by atomic mass is 19.4. The second-order valence-corrected chi connectivity index (χ2v) is 7.47. The molecule has 158 valence electrons. The molecule has 2 aromatic heterocycles. The van der Waals surface area contributed by atoms with Crippen LogP contribution in [0.2, 0.25) is 0 Å². The van der Waals surface area contributed by atoms with Gasteiger partial charge in [-0.2, -0.15) is 18.3 Å². The fraction of sp³-hybridized carbons (Fsp3) is 0.381. The van der Waals surface area contributed by atoms with E-state index >= 15 is 0 Å². The minimum absolute atomic E-state index is 0.249. The van der Waals surface area contributed by atoms with Crippen LogP contribution in [-0.4, -0.2) is 31.2 Å². The second-order valence-electron chi connectivity index (χ2n) is 7.47. The van der Waals surface area contributed by atoms with Crippen molar-refractivity contribution in [2.24, 2.45) is 0 Å². The van der Waals surface area contributed by atoms with Crippen molar-refractivity contribution in [3.05, 3.63) is 68.9 Å². The van der Waals surface area contributed by atoms with Crippen molar-refractivity contribution in [2.75, 3.05) is 6.54 Å². The number of alkyl halides is 3. The summed E-state index contributed by atoms with van der Waals surface area (Å²) in [6, 6.07) is 4.65. The molecule has 0 aliphatic carbocycles. The van der Waals surface area contributed by atoms with E-state index in [0.717, 1.165) is 36.5 Å². The molecule has 0 saturated heterocycles. The van der Waals surface area contributed by atoms with Crippen LogP contribution >= 0.6 is 0 Å². The SMILES string of the molecule is CCn1cc(CN2CCc3nc(-c4ccc(C(F)(F)F)cc4)[nH]c(=O)c3C2)c(C)n1. The van der Waals surface area contributed by atoms with Gasteiger partial charge in [0.1, 0.15) is 5.82 Å². The number of hydrogen-bond acceptors (Lipinski definition) is 4. The van der Waals surface area contributed by atoms with Gasteiger partial charge in [-0.1, -0.05) is 12.1 Å². The molecular formula is C21H22F3N5O. The molecule has 3 aromatic rings. The van der Waals surface area contributed by atoms with Crippen molar-refractivity contribution in [2.45, 2.75) is 46.1 Å². The molecule has 0 radical (unpaired) electrons. The molecule has 4 rings (SSSR count). The van der Waals surface area contributed by atoms with E-state index < -0.39 is 11.7 Å². The Morgan fingerprint density at radius 3 is 2.57 bits per heavy atom. The molecular weight excluding hydrogens is 395 g/mol. The summed E-state index contributed by atoms with van der Waals surface area (Å²) in [5.74, 6) is 0.293. The summed E-state index contributed by atoms with van der Waals surface area (Å²) in [6.07, 6.45) is -1.76. The number of halogens is 3. The van der Waals surface area contributed by atoms with Gasteiger partial charge in [-0.25, -0.2) is 4.98 Å². The average molecular weight is 417 g/mol. The van der Waals surface area contributed by atoms with E-state index in [4.69, 9.17) is 0 Å². The number of benzene rings is 1. The van der Waals surface area contributed by atoms with Crippen LogP contribution in [0.15, 0.2) is 35.3 Å². The zero-order valence-corrected chi connectivity index (χ0v) is 16.8. The van der Waals surface area contributed by atoms with Gasteiger partial charge in [0.25, 0.3) is 5.56 Å². The van der Waals surface area contributed by atoms with Crippen LogP contribution in [0, 0.1) is 6.92 Å². The van der Waals surface area contributed by atoms with Gasteiger partial charge in [0.05, 0.1) is 22.5 Å². The number of rotatable bonds is 4. The maximum atomic E-state index is 12.8. The van der Waals surface area contributed by atoms with Crippen molar-refractivity contribution in [1.82, 2.24) is 24.6 Å². The third-order valence-corrected chi connectivity index (χ3v) is 5.40. The van der Waals surface area contributed by atoms with E-state index in [1.807, 2.05) is 24.7 Å². The molecule has 6 nitrogen and oxygen atoms in total. The van der Waals surface area contributed by atoms with Crippen LogP contribution in [0.4, 0.5) is 13.2 Å². The normalized spacial score (nSPS) is 14.7. The molecule has 0 spiro atoms. The molecule has 30 heavy (non-hydrogen) atoms. The Labute approximate surface area is 171 Å². The third kappa shape index (κ3) is 4.02. The Balaban J connectivity index is 1.55. The lowest BCUT2D eigenvalue weighted by Crippen LogP contribution is -2.35. The highest BCUT2D eigenvalue weighted by molar-refractivity contribution is 5.56. The van der Waals surface area contributed by atoms with Gasteiger partial charge in [0.15, 0.2) is 0 Å². The topological polar surface area (TPSA) is 66.8 Å². The fourth-order valence-electron chi connectivity index (χ4n) is 3.69. The van der Waals surface area contributed by atoms with Crippen LogP contribution in [0.1, 0.15) is 35.0 Å². The first-order valence-electron chi connectivity index (χ1n) is 9.79. The third-order valence-electron chi connectivity index (χ3n) is 5.40. The number of nitrogens with one attached hydrogen (secondary N) is 1. The van der Waals surface area contributed by atoms with E-state index in [-0.39, 0.29) is 5.56 Å². The number of H-pyrrole nitrogens is 1. The maximum Gasteiger partial charge on any atom is 0.416 e. The lowest BCUT2D eigenvalue weighted by atomic mass is 10.1. The van der Waals surface area contributed by atoms with Crippen molar-refractivity contribution in [3.63, 3.8) is 0 Å². The van der Waals surface area contributed by atoms with Crippen LogP contribution in [0.25, 0.3) is 11.4 Å². The Morgan fingerprint density at radius 2 is 1.93 bits per heavy atom. The number of aromatic nitrogens is 4. The quantitative estimate of drug-likeness (QED) is 0.705. The zero-order valence-electron chi connectivity index (χ0n) is 16.8. The molecule has 1 aromatic carbocycles. The molecule has 0 fully saturated rings. The predicted octanol–water partition coefficient (Wildman–Crippen LogP) is 3.54. The number of nitrogens with zero attached hydrogens (tertiary/aromatic N) is 4. The first kappa shape index (κ1) is 20.3. The summed E-state index contributed by atoms with van der Waals surface area (Å²) in [6.45, 7) is 6.73. The molecule has 0 saturated carbocycles. The molecule has 0 amide bonds. The number of aromatic amines is 1. The first-order chi connectivity index (χ1) is 14.2. The van der Waals surface area contributed by atoms with Crippen LogP contribution in [0.3, 0.4) is 0 Å². The van der Waals surface area contributed by atoms with E-state index in [1.165, 1.54) is 12.1 Å². The summed E-state index contributed by atoms with van der Waals surface area (Å²) in [4.78, 5) is 22.1. The second kappa shape index (κ2) is 7.71. The lowest BCUT2D eigenvalue weighted by molar-refractivity contribution is -0.137. The van der Waals surface area contributed by atoms with Gasteiger partial charge in [-0.05, 0) is 26.0 Å². The van der Waals surface area contributed by atoms with Gasteiger partial charge >= 0.3 is 6.18 Å². The van der Waals surface area contributed by atoms with E-state index in [2.05, 4.69) is 20.0 Å². The van der Waals surface area contributed by atoms with Gasteiger partial charge in [0.2, 0.25) is 0 Å². The van der Waals surface area contributed by atoms with Gasteiger partial charge in [-0.15, -0.1) is 0 Å². The summed E-state index contributed by atoms with van der Waals surface area (Å²) >= 11 is 0. The van der Waals surface area contributed by atoms with Gasteiger partial charge < -0.3 is 4.98 Å². The maximum absolute atomic E-state index is 12.8. The Kier molecular flexibility index (Phi) is 5.23. The van der Waals surface area contributed by atoms with E-state index in [0.29, 0.717) is 42.2 Å². The first-order valence-corrected chi connectivity index (χ1v) is 9.79. The van der Waals surface area contributed by atoms with Crippen molar-refractivity contribution in [3.8, 4) is 11.4 Å². The highest BCUT2D eigenvalue weighted by Gasteiger charge is 2.30. The summed E-state index contributed by atoms with van der Waals surface area (Å²) < 4.78 is 40.2. The number of fused-ring (bicyclic) bond motifs is 1. The van der Waals surface area contributed by atoms with Crippen LogP contribution in [-0.2, 0) is 32.2 Å². The van der Waals surface area contributed by atoms with E-state index in [1.54, 1.807) is 0 Å². The van der Waals surface area contributed by atoms with E-state index in [9.17, 15) is 18.0 Å². The minimum Gasteiger partial charge on any atom is -0.306 e. The van der Waals surface area contributed by atoms with Crippen LogP contribution in [0.5, 0.6) is 0 Å². The number of aryl methyl sites for hydroxylation is 2. The lowest BCUT2D eigenvalue weighted by Gasteiger charge is -2.27. The zero-order chi connectivity index (χ0) is 21.5. The van der Waals surface area contributed by atoms with Gasteiger partial charge in [-0.3, -0.25) is 14.4 Å². The summed E-state index contributed by atoms with van der Waals surface area (Å²) in [5, 5.41) is 4.46. The smallest absolute Gasteiger partial charge is 0.306 e. The molecule has 1 aliphatic heterocycles. The van der Waals surface area contributed by atoms with Crippen molar-refractivity contribution in [1.29, 1.82) is 0 Å². The summed E-state index contributed by atoms with van der Waals surface area (Å²) in [5.41, 5.74) is 2.89. The molecule has 3 heterocycles. The van der Waals surface area contributed by atoms with Crippen molar-refractivity contribution >= 4 is 0 Å². The van der Waals surface area contributed by atoms with Gasteiger partial charge in [0, 0.05) is 49.9 Å². The minimum atomic E-state index is -4.40. The largest absolute Gasteiger partial charge is 0.416 e. The molecule has 1 aliphatic rings. The monoisotopic (exact) mass is 417 g/mol. The Bertz CT molecular complexity index is 1120. The van der Waals surface area contributed by atoms with Crippen LogP contribution < -0.4 is 5.56 Å². The molecule has 9 heteroatoms. The molecule has 1 N–H and O–H groups in total. The van der Waals surface area contributed by atoms with Crippen molar-refractivity contribution < 1.29 is 13.2 Å². The standard InChI is InChI=1S/C21H22F3N5O/c1-3-29-11-15(13(2)27-29)10-28-9-8-18-17(12-28)20(30)26-19(25-18)14-4-6-16(7-5-14)21(22,23)24/h4-7,11H,3,8-10,12H2,1-2H3,(H,25,26,30). The predicted molar refractivity (Wildman–Crippen MR) is 106 cm³/mol. The molecule has 0 atom stereocenters. The Hall–Kier alpha value is -2.94. The Morgan fingerprint density at radius 1 is 1.20 bits per heavy atom. The average Bonchev–Trinajstić information content (AvgIpc) is 3.07. The number of hydrogen-bond donors (Lipinski definition) is 1. The highest BCUT2D eigenvalue weighted by Crippen LogP contribution is 2.30. The molecule has 0 bridgehead atoms.